The minimum atomic E-state index is -1.00. The van der Waals surface area contributed by atoms with E-state index in [4.69, 9.17) is 5.11 Å². The Morgan fingerprint density at radius 3 is 2.17 bits per heavy atom. The second-order valence-corrected chi connectivity index (χ2v) is 5.68. The van der Waals surface area contributed by atoms with Crippen molar-refractivity contribution in [3.8, 4) is 11.1 Å². The Labute approximate surface area is 134 Å². The average molecular weight is 313 g/mol. The predicted molar refractivity (Wildman–Crippen MR) is 87.8 cm³/mol. The summed E-state index contributed by atoms with van der Waals surface area (Å²) in [5.74, 6) is -1.73. The van der Waals surface area contributed by atoms with Crippen molar-refractivity contribution in [2.75, 3.05) is 0 Å². The van der Waals surface area contributed by atoms with Crippen LogP contribution in [0.3, 0.4) is 0 Å². The summed E-state index contributed by atoms with van der Waals surface area (Å²) in [6, 6.07) is 16.6. The molecular weight excluding hydrogens is 294 g/mol. The van der Waals surface area contributed by atoms with Crippen LogP contribution >= 0.6 is 0 Å². The van der Waals surface area contributed by atoms with Crippen molar-refractivity contribution in [2.45, 2.75) is 25.8 Å². The number of hydrogen-bond donors (Lipinski definition) is 1. The molecule has 0 bridgehead atoms. The maximum absolute atomic E-state index is 11.2. The van der Waals surface area contributed by atoms with Gasteiger partial charge in [-0.05, 0) is 16.7 Å². The van der Waals surface area contributed by atoms with Gasteiger partial charge in [-0.25, -0.2) is 0 Å². The Kier molecular flexibility index (Phi) is 5.46. The zero-order valence-electron chi connectivity index (χ0n) is 12.9. The van der Waals surface area contributed by atoms with Crippen LogP contribution in [-0.4, -0.2) is 22.0 Å². The second-order valence-electron chi connectivity index (χ2n) is 5.68. The lowest BCUT2D eigenvalue weighted by molar-refractivity contribution is -0.524. The highest BCUT2D eigenvalue weighted by Gasteiger charge is 2.26. The van der Waals surface area contributed by atoms with Gasteiger partial charge >= 0.3 is 5.97 Å². The molecule has 0 aliphatic carbocycles. The maximum Gasteiger partial charge on any atom is 0.306 e. The average Bonchev–Trinajstić information content (AvgIpc) is 2.55. The normalized spacial score (nSPS) is 13.3. The van der Waals surface area contributed by atoms with Crippen LogP contribution in [0.2, 0.25) is 0 Å². The summed E-state index contributed by atoms with van der Waals surface area (Å²) in [6.07, 6.45) is 0.266. The van der Waals surface area contributed by atoms with Crippen molar-refractivity contribution in [2.24, 2.45) is 5.92 Å². The Balaban J connectivity index is 2.09. The number of carboxylic acids is 1. The molecule has 0 spiro atoms. The number of aliphatic carboxylic acids is 1. The van der Waals surface area contributed by atoms with Gasteiger partial charge in [-0.15, -0.1) is 0 Å². The highest BCUT2D eigenvalue weighted by molar-refractivity contribution is 5.69. The first-order valence-corrected chi connectivity index (χ1v) is 7.48. The van der Waals surface area contributed by atoms with Crippen LogP contribution in [0.5, 0.6) is 0 Å². The molecule has 120 valence electrons. The Morgan fingerprint density at radius 1 is 1.09 bits per heavy atom. The fraction of sp³-hybridized carbons (Fsp3) is 0.278. The van der Waals surface area contributed by atoms with Crippen LogP contribution in [0.4, 0.5) is 0 Å². The van der Waals surface area contributed by atoms with Crippen molar-refractivity contribution in [1.82, 2.24) is 0 Å². The lowest BCUT2D eigenvalue weighted by Crippen LogP contribution is -2.27. The third kappa shape index (κ3) is 4.64. The number of hydrogen-bond acceptors (Lipinski definition) is 3. The van der Waals surface area contributed by atoms with Gasteiger partial charge in [0.05, 0.1) is 5.92 Å². The molecule has 0 radical (unpaired) electrons. The largest absolute Gasteiger partial charge is 0.481 e. The number of carbonyl (C=O) groups is 1. The van der Waals surface area contributed by atoms with Gasteiger partial charge in [-0.3, -0.25) is 14.9 Å². The summed E-state index contributed by atoms with van der Waals surface area (Å²) in [7, 11) is 0. The zero-order chi connectivity index (χ0) is 16.8. The van der Waals surface area contributed by atoms with Gasteiger partial charge in [0.1, 0.15) is 0 Å². The first-order valence-electron chi connectivity index (χ1n) is 7.48. The molecule has 5 nitrogen and oxygen atoms in total. The molecule has 0 saturated carbocycles. The molecule has 2 aromatic carbocycles. The number of carboxylic acid groups (broad SMARTS) is 1. The van der Waals surface area contributed by atoms with Crippen molar-refractivity contribution in [3.63, 3.8) is 0 Å². The molecule has 0 fully saturated rings. The molecule has 0 saturated heterocycles. The van der Waals surface area contributed by atoms with E-state index >= 15 is 0 Å². The lowest BCUT2D eigenvalue weighted by Gasteiger charge is -2.12. The highest BCUT2D eigenvalue weighted by Crippen LogP contribution is 2.21. The van der Waals surface area contributed by atoms with Gasteiger partial charge in [0, 0.05) is 17.8 Å². The van der Waals surface area contributed by atoms with Crippen LogP contribution in [0.1, 0.15) is 18.9 Å². The van der Waals surface area contributed by atoms with Gasteiger partial charge in [-0.1, -0.05) is 61.5 Å². The Bertz CT molecular complexity index is 667. The van der Waals surface area contributed by atoms with Crippen LogP contribution < -0.4 is 0 Å². The van der Waals surface area contributed by atoms with Gasteiger partial charge in [0.2, 0.25) is 6.04 Å². The van der Waals surface area contributed by atoms with E-state index in [0.29, 0.717) is 0 Å². The topological polar surface area (TPSA) is 80.4 Å². The third-order valence-electron chi connectivity index (χ3n) is 3.88. The van der Waals surface area contributed by atoms with E-state index in [1.54, 1.807) is 0 Å². The summed E-state index contributed by atoms with van der Waals surface area (Å²) in [5, 5.41) is 20.1. The first-order chi connectivity index (χ1) is 11.0. The number of rotatable bonds is 7. The first kappa shape index (κ1) is 16.7. The number of nitro groups is 1. The van der Waals surface area contributed by atoms with Crippen molar-refractivity contribution >= 4 is 5.97 Å². The van der Waals surface area contributed by atoms with E-state index in [9.17, 15) is 14.9 Å². The van der Waals surface area contributed by atoms with Gasteiger partial charge in [0.15, 0.2) is 0 Å². The molecule has 1 unspecified atom stereocenters. The molecule has 0 aromatic heterocycles. The van der Waals surface area contributed by atoms with Crippen LogP contribution in [-0.2, 0) is 11.2 Å². The van der Waals surface area contributed by atoms with E-state index in [1.165, 1.54) is 6.92 Å². The van der Waals surface area contributed by atoms with Crippen LogP contribution in [0, 0.1) is 16.0 Å². The third-order valence-corrected chi connectivity index (χ3v) is 3.88. The minimum absolute atomic E-state index is 0.0305. The molecular formula is C18H19NO4. The number of benzene rings is 2. The molecule has 23 heavy (non-hydrogen) atoms. The molecule has 2 aromatic rings. The zero-order valence-corrected chi connectivity index (χ0v) is 12.9. The maximum atomic E-state index is 11.2. The Morgan fingerprint density at radius 2 is 1.65 bits per heavy atom. The van der Waals surface area contributed by atoms with Gasteiger partial charge < -0.3 is 5.11 Å². The molecule has 0 aliphatic heterocycles. The minimum Gasteiger partial charge on any atom is -0.481 e. The second kappa shape index (κ2) is 7.54. The predicted octanol–water partition coefficient (Wildman–Crippen LogP) is 3.65. The van der Waals surface area contributed by atoms with Crippen LogP contribution in [0.25, 0.3) is 11.1 Å². The van der Waals surface area contributed by atoms with E-state index in [1.807, 2.05) is 54.6 Å². The van der Waals surface area contributed by atoms with Crippen molar-refractivity contribution in [3.05, 3.63) is 70.3 Å². The molecule has 2 rings (SSSR count). The Hall–Kier alpha value is -2.69. The summed E-state index contributed by atoms with van der Waals surface area (Å²) in [5.41, 5.74) is 2.97. The van der Waals surface area contributed by atoms with Crippen LogP contribution in [0.15, 0.2) is 54.6 Å². The fourth-order valence-corrected chi connectivity index (χ4v) is 2.49. The smallest absolute Gasteiger partial charge is 0.306 e. The molecule has 0 heterocycles. The van der Waals surface area contributed by atoms with E-state index in [-0.39, 0.29) is 17.8 Å². The highest BCUT2D eigenvalue weighted by atomic mass is 16.6. The summed E-state index contributed by atoms with van der Waals surface area (Å²) in [4.78, 5) is 21.7. The number of nitrogens with zero attached hydrogens (tertiary/aromatic N) is 1. The van der Waals surface area contributed by atoms with E-state index in [2.05, 4.69) is 0 Å². The summed E-state index contributed by atoms with van der Waals surface area (Å²) in [6.45, 7) is 1.50. The summed E-state index contributed by atoms with van der Waals surface area (Å²) >= 11 is 0. The van der Waals surface area contributed by atoms with Crippen molar-refractivity contribution in [1.29, 1.82) is 0 Å². The summed E-state index contributed by atoms with van der Waals surface area (Å²) < 4.78 is 0. The van der Waals surface area contributed by atoms with E-state index < -0.39 is 17.9 Å². The van der Waals surface area contributed by atoms with Gasteiger partial charge in [-0.2, -0.15) is 0 Å². The van der Waals surface area contributed by atoms with Gasteiger partial charge in [0.25, 0.3) is 0 Å². The standard InChI is InChI=1S/C18H19NO4/c1-13(18(20)21)11-17(19(22)23)12-14-7-9-16(10-8-14)15-5-3-2-4-6-15/h2-10,13,17H,11-12H2,1H3,(H,20,21)/t13-,17?/m1/s1. The SMILES string of the molecule is C[C@H](CC(Cc1ccc(-c2ccccc2)cc1)[N+](=O)[O-])C(=O)O. The molecule has 2 atom stereocenters. The molecule has 1 N–H and O–H groups in total. The molecule has 5 heteroatoms. The lowest BCUT2D eigenvalue weighted by atomic mass is 9.95. The quantitative estimate of drug-likeness (QED) is 0.625. The van der Waals surface area contributed by atoms with Crippen molar-refractivity contribution < 1.29 is 14.8 Å². The molecule has 0 amide bonds. The molecule has 0 aliphatic rings. The van der Waals surface area contributed by atoms with E-state index in [0.717, 1.165) is 16.7 Å². The fourth-order valence-electron chi connectivity index (χ4n) is 2.49. The monoisotopic (exact) mass is 313 g/mol.